The number of urea groups is 1. The van der Waals surface area contributed by atoms with Gasteiger partial charge in [-0.25, -0.2) is 9.36 Å². The Bertz CT molecular complexity index is 742. The third kappa shape index (κ3) is 3.41. The van der Waals surface area contributed by atoms with Crippen molar-refractivity contribution in [3.63, 3.8) is 0 Å². The van der Waals surface area contributed by atoms with Crippen LogP contribution in [0.3, 0.4) is 0 Å². The summed E-state index contributed by atoms with van der Waals surface area (Å²) in [6.07, 6.45) is 0. The lowest BCUT2D eigenvalue weighted by molar-refractivity contribution is -0.151. The minimum atomic E-state index is -3.54. The first-order chi connectivity index (χ1) is 11.2. The molecule has 12 heteroatoms. The number of phosphoric ester groups is 1. The Balaban J connectivity index is 1.66. The Hall–Kier alpha value is -0.860. The van der Waals surface area contributed by atoms with Crippen LogP contribution < -0.4 is 10.6 Å². The summed E-state index contributed by atoms with van der Waals surface area (Å²) in [4.78, 5) is 24.3. The summed E-state index contributed by atoms with van der Waals surface area (Å²) in [5, 5.41) is 5.08. The molecule has 8 nitrogen and oxygen atoms in total. The molecule has 3 fully saturated rings. The molecule has 0 atom stereocenters. The standard InChI is InChI=1S/C12H10Cl3N2O6P/c13-6-1-8(15)9(2-7(6)14)16-11(19)17-10(18)12-3-21-24(20,22-4-12)23-5-12/h1-2H,3-5H2,(H2,16,17,18,19). The second kappa shape index (κ2) is 6.46. The van der Waals surface area contributed by atoms with Crippen molar-refractivity contribution in [1.29, 1.82) is 0 Å². The number of hydrogen-bond donors (Lipinski definition) is 2. The van der Waals surface area contributed by atoms with Gasteiger partial charge in [-0.1, -0.05) is 34.8 Å². The molecule has 3 heterocycles. The van der Waals surface area contributed by atoms with Gasteiger partial charge in [0.2, 0.25) is 5.91 Å². The SMILES string of the molecule is O=C(NC(=O)C12COP(=O)(OC1)OC2)Nc1cc(Cl)c(Cl)cc1Cl. The normalized spacial score (nSPS) is 28.5. The molecule has 0 aromatic heterocycles. The summed E-state index contributed by atoms with van der Waals surface area (Å²) in [6.45, 7) is -0.509. The zero-order valence-corrected chi connectivity index (χ0v) is 15.0. The average molecular weight is 416 g/mol. The summed E-state index contributed by atoms with van der Waals surface area (Å²) in [7, 11) is -3.54. The largest absolute Gasteiger partial charge is 0.474 e. The summed E-state index contributed by atoms with van der Waals surface area (Å²) < 4.78 is 26.4. The third-order valence-electron chi connectivity index (χ3n) is 3.46. The molecule has 2 N–H and O–H groups in total. The van der Waals surface area contributed by atoms with Crippen LogP contribution in [0.4, 0.5) is 10.5 Å². The summed E-state index contributed by atoms with van der Waals surface area (Å²) >= 11 is 17.6. The fourth-order valence-corrected chi connectivity index (χ4v) is 4.08. The van der Waals surface area contributed by atoms with Gasteiger partial charge in [-0.05, 0) is 12.1 Å². The molecule has 1 aromatic carbocycles. The molecule has 3 amide bonds. The highest BCUT2D eigenvalue weighted by molar-refractivity contribution is 7.48. The van der Waals surface area contributed by atoms with Gasteiger partial charge in [0.1, 0.15) is 5.41 Å². The Morgan fingerprint density at radius 3 is 2.12 bits per heavy atom. The number of carbonyl (C=O) groups is 2. The number of phosphoric acid groups is 1. The Morgan fingerprint density at radius 1 is 1.00 bits per heavy atom. The predicted octanol–water partition coefficient (Wildman–Crippen LogP) is 3.47. The van der Waals surface area contributed by atoms with Crippen molar-refractivity contribution >= 4 is 60.3 Å². The van der Waals surface area contributed by atoms with Crippen molar-refractivity contribution in [2.45, 2.75) is 0 Å². The number of carbonyl (C=O) groups excluding carboxylic acids is 2. The van der Waals surface area contributed by atoms with Crippen LogP contribution in [0, 0.1) is 5.41 Å². The molecule has 0 unspecified atom stereocenters. The molecule has 24 heavy (non-hydrogen) atoms. The number of nitrogens with one attached hydrogen (secondary N) is 2. The molecule has 3 saturated heterocycles. The highest BCUT2D eigenvalue weighted by atomic mass is 35.5. The van der Waals surface area contributed by atoms with Gasteiger partial charge in [-0.15, -0.1) is 0 Å². The smallest absolute Gasteiger partial charge is 0.306 e. The van der Waals surface area contributed by atoms with E-state index in [1.54, 1.807) is 0 Å². The number of hydrogen-bond acceptors (Lipinski definition) is 6. The molecule has 1 aromatic rings. The first kappa shape index (κ1) is 17.9. The lowest BCUT2D eigenvalue weighted by Gasteiger charge is -2.42. The van der Waals surface area contributed by atoms with Crippen LogP contribution in [0.15, 0.2) is 12.1 Å². The van der Waals surface area contributed by atoms with Crippen LogP contribution in [0.5, 0.6) is 0 Å². The zero-order valence-electron chi connectivity index (χ0n) is 11.8. The van der Waals surface area contributed by atoms with Crippen LogP contribution in [0.1, 0.15) is 0 Å². The van der Waals surface area contributed by atoms with Gasteiger partial charge < -0.3 is 5.32 Å². The maximum Gasteiger partial charge on any atom is 0.474 e. The summed E-state index contributed by atoms with van der Waals surface area (Å²) in [5.74, 6) is -0.692. The molecule has 4 rings (SSSR count). The zero-order chi connectivity index (χ0) is 17.5. The molecule has 130 valence electrons. The molecule has 0 radical (unpaired) electrons. The number of benzene rings is 1. The van der Waals surface area contributed by atoms with Crippen LogP contribution >= 0.6 is 42.6 Å². The summed E-state index contributed by atoms with van der Waals surface area (Å²) in [6, 6.07) is 1.87. The quantitative estimate of drug-likeness (QED) is 0.566. The van der Waals surface area contributed by atoms with Gasteiger partial charge in [-0.3, -0.25) is 23.7 Å². The van der Waals surface area contributed by atoms with E-state index < -0.39 is 25.2 Å². The van der Waals surface area contributed by atoms with E-state index in [0.717, 1.165) is 0 Å². The van der Waals surface area contributed by atoms with Crippen molar-refractivity contribution in [3.8, 4) is 0 Å². The van der Waals surface area contributed by atoms with E-state index in [-0.39, 0.29) is 40.6 Å². The molecule has 0 aliphatic carbocycles. The van der Waals surface area contributed by atoms with Crippen molar-refractivity contribution in [2.75, 3.05) is 25.1 Å². The topological polar surface area (TPSA) is 103 Å². The lowest BCUT2D eigenvalue weighted by Crippen LogP contribution is -2.56. The Kier molecular flexibility index (Phi) is 4.83. The fourth-order valence-electron chi connectivity index (χ4n) is 2.05. The summed E-state index contributed by atoms with van der Waals surface area (Å²) in [5.41, 5.74) is -1.07. The molecule has 0 saturated carbocycles. The third-order valence-corrected chi connectivity index (χ3v) is 5.83. The molecular weight excluding hydrogens is 405 g/mol. The number of amides is 3. The van der Waals surface area contributed by atoms with Gasteiger partial charge in [-0.2, -0.15) is 0 Å². The second-order valence-corrected chi connectivity index (χ2v) is 8.09. The van der Waals surface area contributed by atoms with Crippen molar-refractivity contribution in [1.82, 2.24) is 5.32 Å². The number of rotatable bonds is 2. The van der Waals surface area contributed by atoms with Crippen LogP contribution in [-0.4, -0.2) is 31.8 Å². The van der Waals surface area contributed by atoms with Gasteiger partial charge in [0.25, 0.3) is 0 Å². The van der Waals surface area contributed by atoms with Crippen molar-refractivity contribution < 1.29 is 27.7 Å². The van der Waals surface area contributed by atoms with Crippen LogP contribution in [-0.2, 0) is 22.9 Å². The van der Waals surface area contributed by atoms with Crippen molar-refractivity contribution in [2.24, 2.45) is 5.41 Å². The van der Waals surface area contributed by atoms with E-state index >= 15 is 0 Å². The lowest BCUT2D eigenvalue weighted by atomic mass is 9.90. The van der Waals surface area contributed by atoms with E-state index in [2.05, 4.69) is 10.6 Å². The average Bonchev–Trinajstić information content (AvgIpc) is 2.53. The molecule has 3 aliphatic heterocycles. The monoisotopic (exact) mass is 414 g/mol. The molecule has 3 aliphatic rings. The number of halogens is 3. The van der Waals surface area contributed by atoms with Crippen LogP contribution in [0.25, 0.3) is 0 Å². The second-order valence-electron chi connectivity index (χ2n) is 5.20. The van der Waals surface area contributed by atoms with E-state index in [9.17, 15) is 14.2 Å². The first-order valence-corrected chi connectivity index (χ1v) is 9.13. The Labute approximate surface area is 151 Å². The minimum absolute atomic E-state index is 0.149. The van der Waals surface area contributed by atoms with E-state index in [1.165, 1.54) is 12.1 Å². The molecule has 2 bridgehead atoms. The number of anilines is 1. The highest BCUT2D eigenvalue weighted by Gasteiger charge is 2.55. The van der Waals surface area contributed by atoms with Gasteiger partial charge in [0, 0.05) is 0 Å². The van der Waals surface area contributed by atoms with Crippen LogP contribution in [0.2, 0.25) is 15.1 Å². The van der Waals surface area contributed by atoms with Gasteiger partial charge in [0.15, 0.2) is 0 Å². The van der Waals surface area contributed by atoms with Crippen molar-refractivity contribution in [3.05, 3.63) is 27.2 Å². The first-order valence-electron chi connectivity index (χ1n) is 6.54. The fraction of sp³-hybridized carbons (Fsp3) is 0.333. The maximum atomic E-state index is 12.3. The number of imide groups is 1. The predicted molar refractivity (Wildman–Crippen MR) is 86.5 cm³/mol. The molecular formula is C12H10Cl3N2O6P. The highest BCUT2D eigenvalue weighted by Crippen LogP contribution is 2.59. The van der Waals surface area contributed by atoms with E-state index in [0.29, 0.717) is 0 Å². The Morgan fingerprint density at radius 2 is 1.54 bits per heavy atom. The van der Waals surface area contributed by atoms with Gasteiger partial charge >= 0.3 is 13.9 Å². The van der Waals surface area contributed by atoms with E-state index in [4.69, 9.17) is 48.4 Å². The maximum absolute atomic E-state index is 12.3. The molecule has 0 spiro atoms. The van der Waals surface area contributed by atoms with E-state index in [1.807, 2.05) is 0 Å². The van der Waals surface area contributed by atoms with Gasteiger partial charge in [0.05, 0.1) is 40.6 Å². The number of fused-ring (bicyclic) bond motifs is 3. The minimum Gasteiger partial charge on any atom is -0.306 e.